The summed E-state index contributed by atoms with van der Waals surface area (Å²) in [6.07, 6.45) is 4.55. The van der Waals surface area contributed by atoms with E-state index >= 15 is 0 Å². The monoisotopic (exact) mass is 370 g/mol. The number of ether oxygens (including phenoxy) is 1. The largest absolute Gasteiger partial charge is 0.393 e. The molecule has 1 aliphatic carbocycles. The van der Waals surface area contributed by atoms with E-state index in [1.54, 1.807) is 12.1 Å². The van der Waals surface area contributed by atoms with Gasteiger partial charge in [0.1, 0.15) is 0 Å². The lowest BCUT2D eigenvalue weighted by molar-refractivity contribution is -0.126. The molecule has 0 spiro atoms. The molecule has 1 aliphatic heterocycles. The molecule has 2 aromatic rings. The van der Waals surface area contributed by atoms with E-state index in [1.165, 1.54) is 28.7 Å². The number of hydrogen-bond acceptors (Lipinski definition) is 3. The summed E-state index contributed by atoms with van der Waals surface area (Å²) in [5, 5.41) is 10.4. The first-order chi connectivity index (χ1) is 13.0. The Bertz CT molecular complexity index is 802. The van der Waals surface area contributed by atoms with Crippen molar-refractivity contribution in [3.63, 3.8) is 0 Å². The molecule has 0 bridgehead atoms. The number of rotatable bonds is 4. The van der Waals surface area contributed by atoms with Gasteiger partial charge in [-0.2, -0.15) is 0 Å². The Kier molecular flexibility index (Phi) is 5.20. The molecular formula is C23H27FO3. The predicted molar refractivity (Wildman–Crippen MR) is 103 cm³/mol. The van der Waals surface area contributed by atoms with E-state index < -0.39 is 0 Å². The molecule has 1 N–H and O–H groups in total. The third-order valence-corrected chi connectivity index (χ3v) is 6.10. The smallest absolute Gasteiger partial charge is 0.171 e. The summed E-state index contributed by atoms with van der Waals surface area (Å²) in [4.78, 5) is 3.78. The topological polar surface area (TPSA) is 38.7 Å². The van der Waals surface area contributed by atoms with Crippen molar-refractivity contribution in [3.8, 4) is 5.75 Å². The third-order valence-electron chi connectivity index (χ3n) is 6.10. The van der Waals surface area contributed by atoms with Gasteiger partial charge in [0.15, 0.2) is 5.75 Å². The van der Waals surface area contributed by atoms with Crippen LogP contribution in [-0.4, -0.2) is 17.3 Å². The maximum atomic E-state index is 12.3. The van der Waals surface area contributed by atoms with E-state index in [2.05, 4.69) is 24.0 Å². The molecule has 144 valence electrons. The second-order valence-electron chi connectivity index (χ2n) is 8.10. The zero-order valence-electron chi connectivity index (χ0n) is 16.0. The van der Waals surface area contributed by atoms with Crippen molar-refractivity contribution in [2.75, 3.05) is 0 Å². The van der Waals surface area contributed by atoms with Gasteiger partial charge in [0, 0.05) is 10.4 Å². The molecule has 2 aromatic carbocycles. The first kappa shape index (κ1) is 18.5. The average molecular weight is 370 g/mol. The Hall–Kier alpha value is -1.91. The summed E-state index contributed by atoms with van der Waals surface area (Å²) in [5.41, 5.74) is 6.48. The second kappa shape index (κ2) is 7.61. The summed E-state index contributed by atoms with van der Waals surface area (Å²) < 4.78 is 18.5. The quantitative estimate of drug-likeness (QED) is 0.834. The fourth-order valence-corrected chi connectivity index (χ4v) is 4.59. The lowest BCUT2D eigenvalue weighted by atomic mass is 9.84. The van der Waals surface area contributed by atoms with Crippen LogP contribution in [0.2, 0.25) is 0 Å². The number of benzene rings is 2. The van der Waals surface area contributed by atoms with Gasteiger partial charge < -0.3 is 9.84 Å². The van der Waals surface area contributed by atoms with Crippen LogP contribution in [0.5, 0.6) is 5.75 Å². The van der Waals surface area contributed by atoms with Crippen LogP contribution >= 0.6 is 0 Å². The normalized spacial score (nSPS) is 27.4. The molecule has 4 unspecified atom stereocenters. The van der Waals surface area contributed by atoms with Crippen LogP contribution in [0.25, 0.3) is 0 Å². The number of fused-ring (bicyclic) bond motifs is 1. The van der Waals surface area contributed by atoms with Crippen molar-refractivity contribution >= 4 is 0 Å². The van der Waals surface area contributed by atoms with Crippen molar-refractivity contribution in [2.45, 2.75) is 64.3 Å². The maximum Gasteiger partial charge on any atom is 0.171 e. The first-order valence-electron chi connectivity index (χ1n) is 9.90. The van der Waals surface area contributed by atoms with Gasteiger partial charge in [0.2, 0.25) is 0 Å². The van der Waals surface area contributed by atoms with Gasteiger partial charge in [-0.05, 0) is 79.0 Å². The molecule has 0 radical (unpaired) electrons. The maximum absolute atomic E-state index is 12.3. The SMILES string of the molecule is CC1CC(O)C(C)C(c2cc3c(c(Cc4ccc(OF)cc4)c2)CCC3)O1. The minimum absolute atomic E-state index is 0.0612. The number of aliphatic hydroxyl groups is 1. The van der Waals surface area contributed by atoms with Crippen LogP contribution in [0.1, 0.15) is 60.6 Å². The van der Waals surface area contributed by atoms with Gasteiger partial charge in [-0.25, -0.2) is 0 Å². The first-order valence-corrected chi connectivity index (χ1v) is 9.90. The molecule has 27 heavy (non-hydrogen) atoms. The van der Waals surface area contributed by atoms with E-state index in [-0.39, 0.29) is 30.0 Å². The molecule has 4 atom stereocenters. The van der Waals surface area contributed by atoms with Gasteiger partial charge in [-0.15, -0.1) is 0 Å². The lowest BCUT2D eigenvalue weighted by Gasteiger charge is -2.37. The Morgan fingerprint density at radius 1 is 1.15 bits per heavy atom. The second-order valence-corrected chi connectivity index (χ2v) is 8.10. The summed E-state index contributed by atoms with van der Waals surface area (Å²) in [6, 6.07) is 11.7. The molecule has 2 aliphatic rings. The average Bonchev–Trinajstić information content (AvgIpc) is 3.14. The van der Waals surface area contributed by atoms with Gasteiger partial charge in [-0.1, -0.05) is 31.2 Å². The van der Waals surface area contributed by atoms with E-state index in [1.807, 2.05) is 19.1 Å². The van der Waals surface area contributed by atoms with Crippen LogP contribution in [0, 0.1) is 5.92 Å². The van der Waals surface area contributed by atoms with Gasteiger partial charge in [-0.3, -0.25) is 4.94 Å². The molecular weight excluding hydrogens is 343 g/mol. The lowest BCUT2D eigenvalue weighted by Crippen LogP contribution is -2.37. The fourth-order valence-electron chi connectivity index (χ4n) is 4.59. The van der Waals surface area contributed by atoms with Gasteiger partial charge >= 0.3 is 0 Å². The summed E-state index contributed by atoms with van der Waals surface area (Å²) >= 11 is 0. The van der Waals surface area contributed by atoms with E-state index in [0.29, 0.717) is 6.42 Å². The van der Waals surface area contributed by atoms with Crippen LogP contribution in [0.3, 0.4) is 0 Å². The van der Waals surface area contributed by atoms with E-state index in [4.69, 9.17) is 4.74 Å². The Labute approximate surface area is 160 Å². The van der Waals surface area contributed by atoms with Gasteiger partial charge in [0.25, 0.3) is 0 Å². The molecule has 0 aromatic heterocycles. The number of halogens is 1. The summed E-state index contributed by atoms with van der Waals surface area (Å²) in [6.45, 7) is 4.11. The molecule has 0 saturated carbocycles. The molecule has 1 heterocycles. The predicted octanol–water partition coefficient (Wildman–Crippen LogP) is 4.88. The Morgan fingerprint density at radius 3 is 2.67 bits per heavy atom. The minimum Gasteiger partial charge on any atom is -0.393 e. The standard InChI is InChI=1S/C23H27FO3/c1-14-10-22(25)15(2)23(26-14)19-12-17-4-3-5-21(17)18(13-19)11-16-6-8-20(27-24)9-7-16/h6-9,12-15,22-23,25H,3-5,10-11H2,1-2H3. The Balaban J connectivity index is 1.67. The van der Waals surface area contributed by atoms with Crippen LogP contribution < -0.4 is 4.94 Å². The van der Waals surface area contributed by atoms with Crippen molar-refractivity contribution in [2.24, 2.45) is 5.92 Å². The highest BCUT2D eigenvalue weighted by molar-refractivity contribution is 5.45. The summed E-state index contributed by atoms with van der Waals surface area (Å²) in [5.74, 6) is 0.305. The zero-order chi connectivity index (χ0) is 19.0. The van der Waals surface area contributed by atoms with E-state index in [9.17, 15) is 9.63 Å². The van der Waals surface area contributed by atoms with Crippen molar-refractivity contribution in [1.82, 2.24) is 0 Å². The van der Waals surface area contributed by atoms with E-state index in [0.717, 1.165) is 24.8 Å². The van der Waals surface area contributed by atoms with Crippen molar-refractivity contribution < 1.29 is 19.3 Å². The zero-order valence-corrected chi connectivity index (χ0v) is 16.0. The van der Waals surface area contributed by atoms with Crippen molar-refractivity contribution in [1.29, 1.82) is 0 Å². The third kappa shape index (κ3) is 3.74. The van der Waals surface area contributed by atoms with Gasteiger partial charge in [0.05, 0.1) is 18.3 Å². The minimum atomic E-state index is -0.330. The molecule has 3 nitrogen and oxygen atoms in total. The number of hydrogen-bond donors (Lipinski definition) is 1. The number of aliphatic hydroxyl groups excluding tert-OH is 1. The Morgan fingerprint density at radius 2 is 1.93 bits per heavy atom. The molecule has 4 heteroatoms. The molecule has 1 saturated heterocycles. The fraction of sp³-hybridized carbons (Fsp3) is 0.478. The molecule has 0 amide bonds. The highest BCUT2D eigenvalue weighted by atomic mass is 19.3. The highest BCUT2D eigenvalue weighted by Gasteiger charge is 2.35. The molecule has 1 fully saturated rings. The van der Waals surface area contributed by atoms with Crippen LogP contribution in [0.15, 0.2) is 36.4 Å². The highest BCUT2D eigenvalue weighted by Crippen LogP contribution is 2.39. The molecule has 4 rings (SSSR count). The van der Waals surface area contributed by atoms with Crippen molar-refractivity contribution in [3.05, 3.63) is 64.2 Å². The summed E-state index contributed by atoms with van der Waals surface area (Å²) in [7, 11) is 0. The van der Waals surface area contributed by atoms with Crippen LogP contribution in [0.4, 0.5) is 4.53 Å². The number of aryl methyl sites for hydroxylation is 1. The van der Waals surface area contributed by atoms with Crippen LogP contribution in [-0.2, 0) is 24.0 Å².